The van der Waals surface area contributed by atoms with Crippen LogP contribution in [0.5, 0.6) is 0 Å². The molecule has 0 bridgehead atoms. The maximum Gasteiger partial charge on any atom is 0.203 e. The van der Waals surface area contributed by atoms with Gasteiger partial charge >= 0.3 is 0 Å². The van der Waals surface area contributed by atoms with Gasteiger partial charge in [-0.25, -0.2) is 9.37 Å². The van der Waals surface area contributed by atoms with Crippen molar-refractivity contribution in [1.29, 1.82) is 5.26 Å². The number of aromatic nitrogens is 4. The Morgan fingerprint density at radius 3 is 3.10 bits per heavy atom. The molecule has 0 aliphatic rings. The van der Waals surface area contributed by atoms with Gasteiger partial charge in [-0.2, -0.15) is 5.26 Å². The molecule has 3 aromatic rings. The first kappa shape index (κ1) is 12.0. The van der Waals surface area contributed by atoms with Crippen molar-refractivity contribution in [3.8, 4) is 6.07 Å². The molecule has 0 saturated carbocycles. The normalized spacial score (nSPS) is 10.4. The third-order valence-electron chi connectivity index (χ3n) is 2.84. The first-order valence-electron chi connectivity index (χ1n) is 5.84. The molecule has 1 N–H and O–H groups in total. The van der Waals surface area contributed by atoms with E-state index in [4.69, 9.17) is 5.26 Å². The molecule has 98 valence electrons. The van der Waals surface area contributed by atoms with E-state index < -0.39 is 5.82 Å². The van der Waals surface area contributed by atoms with Crippen molar-refractivity contribution >= 4 is 11.5 Å². The minimum atomic E-state index is -0.426. The first-order valence-corrected chi connectivity index (χ1v) is 5.84. The third kappa shape index (κ3) is 2.14. The molecule has 0 unspecified atom stereocenters. The lowest BCUT2D eigenvalue weighted by molar-refractivity contribution is 0.612. The summed E-state index contributed by atoms with van der Waals surface area (Å²) in [4.78, 5) is 4.15. The van der Waals surface area contributed by atoms with Gasteiger partial charge in [-0.1, -0.05) is 6.07 Å². The number of nitrogens with zero attached hydrogens (tertiary/aromatic N) is 5. The van der Waals surface area contributed by atoms with Gasteiger partial charge in [0.1, 0.15) is 12.1 Å². The molecular formula is C13H9FN6. The van der Waals surface area contributed by atoms with Crippen LogP contribution in [-0.4, -0.2) is 19.6 Å². The smallest absolute Gasteiger partial charge is 0.203 e. The summed E-state index contributed by atoms with van der Waals surface area (Å²) in [6, 6.07) is 6.25. The summed E-state index contributed by atoms with van der Waals surface area (Å²) in [6.45, 7) is 0.247. The van der Waals surface area contributed by atoms with E-state index in [0.29, 0.717) is 22.6 Å². The van der Waals surface area contributed by atoms with E-state index in [9.17, 15) is 4.39 Å². The van der Waals surface area contributed by atoms with Crippen LogP contribution in [0.25, 0.3) is 5.65 Å². The van der Waals surface area contributed by atoms with Crippen LogP contribution < -0.4 is 5.32 Å². The second-order valence-electron chi connectivity index (χ2n) is 4.11. The fraction of sp³-hybridized carbons (Fsp3) is 0.0769. The number of benzene rings is 1. The van der Waals surface area contributed by atoms with Crippen molar-refractivity contribution in [2.45, 2.75) is 6.54 Å². The highest BCUT2D eigenvalue weighted by Crippen LogP contribution is 2.14. The summed E-state index contributed by atoms with van der Waals surface area (Å²) in [5, 5.41) is 19.4. The number of fused-ring (bicyclic) bond motifs is 1. The lowest BCUT2D eigenvalue weighted by Gasteiger charge is -2.07. The molecule has 1 aromatic carbocycles. The van der Waals surface area contributed by atoms with E-state index in [1.807, 2.05) is 6.07 Å². The molecular weight excluding hydrogens is 259 g/mol. The number of rotatable bonds is 3. The van der Waals surface area contributed by atoms with E-state index in [2.05, 4.69) is 20.5 Å². The monoisotopic (exact) mass is 268 g/mol. The Hall–Kier alpha value is -3.01. The van der Waals surface area contributed by atoms with E-state index in [1.54, 1.807) is 35.3 Å². The second kappa shape index (κ2) is 4.93. The summed E-state index contributed by atoms with van der Waals surface area (Å²) >= 11 is 0. The Kier molecular flexibility index (Phi) is 2.97. The van der Waals surface area contributed by atoms with Gasteiger partial charge in [-0.05, 0) is 12.1 Å². The summed E-state index contributed by atoms with van der Waals surface area (Å²) < 4.78 is 15.5. The van der Waals surface area contributed by atoms with Crippen LogP contribution >= 0.6 is 0 Å². The molecule has 0 radical (unpaired) electrons. The molecule has 20 heavy (non-hydrogen) atoms. The van der Waals surface area contributed by atoms with E-state index >= 15 is 0 Å². The molecule has 6 nitrogen and oxygen atoms in total. The average molecular weight is 268 g/mol. The highest BCUT2D eigenvalue weighted by atomic mass is 19.1. The Bertz CT molecular complexity index is 804. The molecule has 3 rings (SSSR count). The van der Waals surface area contributed by atoms with Gasteiger partial charge in [0.15, 0.2) is 5.82 Å². The van der Waals surface area contributed by atoms with Gasteiger partial charge in [0.25, 0.3) is 0 Å². The van der Waals surface area contributed by atoms with Crippen molar-refractivity contribution in [3.63, 3.8) is 0 Å². The number of nitrogens with one attached hydrogen (secondary N) is 1. The standard InChI is InChI=1S/C13H9FN6/c14-11-5-9(6-15)1-2-10(11)7-17-12-13-19-18-8-20(13)4-3-16-12/h1-5,8H,7H2,(H,16,17). The number of hydrogen-bond donors (Lipinski definition) is 1. The van der Waals surface area contributed by atoms with Gasteiger partial charge in [0, 0.05) is 24.5 Å². The van der Waals surface area contributed by atoms with Gasteiger partial charge in [-0.3, -0.25) is 4.40 Å². The Balaban J connectivity index is 1.83. The van der Waals surface area contributed by atoms with Crippen LogP contribution in [0.2, 0.25) is 0 Å². The zero-order valence-corrected chi connectivity index (χ0v) is 10.3. The van der Waals surface area contributed by atoms with Gasteiger partial charge < -0.3 is 5.32 Å². The summed E-state index contributed by atoms with van der Waals surface area (Å²) in [6.07, 6.45) is 4.89. The van der Waals surface area contributed by atoms with Crippen molar-refractivity contribution in [1.82, 2.24) is 19.6 Å². The van der Waals surface area contributed by atoms with Crippen LogP contribution in [0.15, 0.2) is 36.9 Å². The quantitative estimate of drug-likeness (QED) is 0.782. The minimum Gasteiger partial charge on any atom is -0.363 e. The highest BCUT2D eigenvalue weighted by molar-refractivity contribution is 5.61. The molecule has 0 amide bonds. The number of hydrogen-bond acceptors (Lipinski definition) is 5. The lowest BCUT2D eigenvalue weighted by atomic mass is 10.1. The van der Waals surface area contributed by atoms with Crippen molar-refractivity contribution in [3.05, 3.63) is 53.9 Å². The lowest BCUT2D eigenvalue weighted by Crippen LogP contribution is -2.05. The van der Waals surface area contributed by atoms with Crippen molar-refractivity contribution in [2.75, 3.05) is 5.32 Å². The third-order valence-corrected chi connectivity index (χ3v) is 2.84. The molecule has 2 heterocycles. The number of halogens is 1. The predicted molar refractivity (Wildman–Crippen MR) is 69.2 cm³/mol. The Morgan fingerprint density at radius 2 is 2.30 bits per heavy atom. The highest BCUT2D eigenvalue weighted by Gasteiger charge is 2.07. The molecule has 0 spiro atoms. The van der Waals surface area contributed by atoms with Gasteiger partial charge in [-0.15, -0.1) is 10.2 Å². The minimum absolute atomic E-state index is 0.247. The molecule has 0 atom stereocenters. The van der Waals surface area contributed by atoms with E-state index in [0.717, 1.165) is 0 Å². The summed E-state index contributed by atoms with van der Waals surface area (Å²) in [7, 11) is 0. The van der Waals surface area contributed by atoms with Crippen molar-refractivity contribution in [2.24, 2.45) is 0 Å². The second-order valence-corrected chi connectivity index (χ2v) is 4.11. The number of nitriles is 1. The van der Waals surface area contributed by atoms with Crippen LogP contribution in [0.1, 0.15) is 11.1 Å². The average Bonchev–Trinajstić information content (AvgIpc) is 2.95. The van der Waals surface area contributed by atoms with E-state index in [1.165, 1.54) is 6.07 Å². The molecule has 0 aliphatic carbocycles. The molecule has 7 heteroatoms. The zero-order chi connectivity index (χ0) is 13.9. The van der Waals surface area contributed by atoms with Crippen LogP contribution in [0.3, 0.4) is 0 Å². The maximum absolute atomic E-state index is 13.7. The fourth-order valence-corrected chi connectivity index (χ4v) is 1.82. The molecule has 0 fully saturated rings. The fourth-order valence-electron chi connectivity index (χ4n) is 1.82. The van der Waals surface area contributed by atoms with Crippen LogP contribution in [0.4, 0.5) is 10.2 Å². The van der Waals surface area contributed by atoms with Gasteiger partial charge in [0.2, 0.25) is 5.65 Å². The first-order chi connectivity index (χ1) is 9.78. The van der Waals surface area contributed by atoms with Crippen LogP contribution in [-0.2, 0) is 6.54 Å². The van der Waals surface area contributed by atoms with Crippen molar-refractivity contribution < 1.29 is 4.39 Å². The predicted octanol–water partition coefficient (Wildman–Crippen LogP) is 1.75. The van der Waals surface area contributed by atoms with E-state index in [-0.39, 0.29) is 6.54 Å². The molecule has 0 aliphatic heterocycles. The van der Waals surface area contributed by atoms with Gasteiger partial charge in [0.05, 0.1) is 11.6 Å². The largest absolute Gasteiger partial charge is 0.363 e. The summed E-state index contributed by atoms with van der Waals surface area (Å²) in [5.74, 6) is 0.0960. The number of anilines is 1. The zero-order valence-electron chi connectivity index (χ0n) is 10.3. The van der Waals surface area contributed by atoms with Crippen LogP contribution in [0, 0.1) is 17.1 Å². The Morgan fingerprint density at radius 1 is 1.40 bits per heavy atom. The molecule has 0 saturated heterocycles. The SMILES string of the molecule is N#Cc1ccc(CNc2nccn3cnnc23)c(F)c1. The topological polar surface area (TPSA) is 78.9 Å². The molecule has 2 aromatic heterocycles. The maximum atomic E-state index is 13.7. The Labute approximate surface area is 113 Å². The summed E-state index contributed by atoms with van der Waals surface area (Å²) in [5.41, 5.74) is 1.32.